The summed E-state index contributed by atoms with van der Waals surface area (Å²) in [7, 11) is 1.55. The molecule has 1 unspecified atom stereocenters. The molecule has 228 valence electrons. The van der Waals surface area contributed by atoms with E-state index in [0.717, 1.165) is 78.6 Å². The summed E-state index contributed by atoms with van der Waals surface area (Å²) in [4.78, 5) is 18.5. The SMILES string of the molecule is COc1cc(-c2ccc(C3CCc4ccc([C@H](C5CC5)[C@H](C)C(=O)O)cc4O3)cc2CN2[C@H](C)CCC[C@@H]2C)c(F)cn1. The van der Waals surface area contributed by atoms with Crippen LogP contribution in [0, 0.1) is 17.7 Å². The number of fused-ring (bicyclic) bond motifs is 1. The van der Waals surface area contributed by atoms with Crippen molar-refractivity contribution in [3.8, 4) is 22.8 Å². The van der Waals surface area contributed by atoms with Gasteiger partial charge >= 0.3 is 5.97 Å². The van der Waals surface area contributed by atoms with Crippen LogP contribution in [-0.2, 0) is 17.8 Å². The van der Waals surface area contributed by atoms with Crippen LogP contribution in [0.1, 0.15) is 93.6 Å². The van der Waals surface area contributed by atoms with Gasteiger partial charge in [-0.1, -0.05) is 43.7 Å². The van der Waals surface area contributed by atoms with Crippen LogP contribution in [0.15, 0.2) is 48.7 Å². The number of ether oxygens (including phenoxy) is 2. The Morgan fingerprint density at radius 2 is 1.84 bits per heavy atom. The highest BCUT2D eigenvalue weighted by Crippen LogP contribution is 2.48. The van der Waals surface area contributed by atoms with Gasteiger partial charge in [0.15, 0.2) is 0 Å². The quantitative estimate of drug-likeness (QED) is 0.274. The first-order valence-corrected chi connectivity index (χ1v) is 15.8. The summed E-state index contributed by atoms with van der Waals surface area (Å²) in [5.41, 5.74) is 5.70. The lowest BCUT2D eigenvalue weighted by molar-refractivity contribution is -0.142. The summed E-state index contributed by atoms with van der Waals surface area (Å²) in [6.07, 6.45) is 8.52. The predicted molar refractivity (Wildman–Crippen MR) is 165 cm³/mol. The molecule has 3 aromatic rings. The van der Waals surface area contributed by atoms with Gasteiger partial charge in [0, 0.05) is 30.3 Å². The second kappa shape index (κ2) is 12.3. The average Bonchev–Trinajstić information content (AvgIpc) is 3.84. The van der Waals surface area contributed by atoms with Gasteiger partial charge in [0.1, 0.15) is 17.7 Å². The molecule has 1 aliphatic carbocycles. The summed E-state index contributed by atoms with van der Waals surface area (Å²) >= 11 is 0. The maximum atomic E-state index is 15.2. The van der Waals surface area contributed by atoms with Crippen molar-refractivity contribution >= 4 is 5.97 Å². The van der Waals surface area contributed by atoms with Crippen molar-refractivity contribution in [1.29, 1.82) is 0 Å². The standard InChI is InChI=1S/C36H43FN2O4/c1-21-6-5-7-22(2)39(21)20-28-16-26(12-14-29(28)30-18-34(42-4)38-19-31(30)37)32-15-13-24-8-11-27(17-33(24)43-32)35(25-9-10-25)23(3)36(40)41/h8,11-12,14,16-19,21-23,25,32,35H,5-7,9-10,13,15,20H2,1-4H3,(H,40,41)/t21-,22+,23-,32?,35-/m0/s1. The molecule has 3 aliphatic rings. The molecule has 0 radical (unpaired) electrons. The first kappa shape index (κ1) is 29.6. The molecule has 6 rings (SSSR count). The lowest BCUT2D eigenvalue weighted by Crippen LogP contribution is -2.43. The third-order valence-electron chi connectivity index (χ3n) is 10.0. The normalized spacial score (nSPS) is 23.6. The van der Waals surface area contributed by atoms with E-state index in [1.54, 1.807) is 13.2 Å². The molecule has 0 amide bonds. The van der Waals surface area contributed by atoms with Gasteiger partial charge in [-0.25, -0.2) is 9.37 Å². The van der Waals surface area contributed by atoms with Crippen LogP contribution in [0.4, 0.5) is 4.39 Å². The smallest absolute Gasteiger partial charge is 0.306 e. The zero-order valence-corrected chi connectivity index (χ0v) is 25.7. The fraction of sp³-hybridized carbons (Fsp3) is 0.500. The van der Waals surface area contributed by atoms with Gasteiger partial charge in [0.05, 0.1) is 19.2 Å². The highest BCUT2D eigenvalue weighted by Gasteiger charge is 2.39. The molecule has 3 heterocycles. The molecule has 0 bridgehead atoms. The zero-order chi connectivity index (χ0) is 30.2. The Balaban J connectivity index is 1.34. The predicted octanol–water partition coefficient (Wildman–Crippen LogP) is 7.94. The van der Waals surface area contributed by atoms with E-state index in [9.17, 15) is 9.90 Å². The van der Waals surface area contributed by atoms with Crippen LogP contribution in [0.25, 0.3) is 11.1 Å². The fourth-order valence-electron chi connectivity index (χ4n) is 7.33. The van der Waals surface area contributed by atoms with Crippen molar-refractivity contribution < 1.29 is 23.8 Å². The number of methoxy groups -OCH3 is 1. The van der Waals surface area contributed by atoms with E-state index >= 15 is 4.39 Å². The van der Waals surface area contributed by atoms with Crippen molar-refractivity contribution in [2.45, 2.75) is 96.4 Å². The number of rotatable bonds is 9. The maximum absolute atomic E-state index is 15.2. The van der Waals surface area contributed by atoms with E-state index < -0.39 is 11.9 Å². The highest BCUT2D eigenvalue weighted by molar-refractivity contribution is 5.71. The Morgan fingerprint density at radius 3 is 2.53 bits per heavy atom. The number of carbonyl (C=O) groups is 1. The van der Waals surface area contributed by atoms with E-state index in [1.165, 1.54) is 12.6 Å². The van der Waals surface area contributed by atoms with E-state index in [1.807, 2.05) is 13.0 Å². The molecule has 43 heavy (non-hydrogen) atoms. The van der Waals surface area contributed by atoms with Crippen molar-refractivity contribution in [1.82, 2.24) is 9.88 Å². The Morgan fingerprint density at radius 1 is 1.07 bits per heavy atom. The largest absolute Gasteiger partial charge is 0.485 e. The molecular weight excluding hydrogens is 543 g/mol. The Kier molecular flexibility index (Phi) is 8.45. The first-order valence-electron chi connectivity index (χ1n) is 15.8. The van der Waals surface area contributed by atoms with Crippen molar-refractivity contribution in [3.63, 3.8) is 0 Å². The maximum Gasteiger partial charge on any atom is 0.306 e. The number of hydrogen-bond acceptors (Lipinski definition) is 5. The van der Waals surface area contributed by atoms with Crippen LogP contribution in [-0.4, -0.2) is 40.2 Å². The number of piperidine rings is 1. The summed E-state index contributed by atoms with van der Waals surface area (Å²) in [6.45, 7) is 7.12. The number of hydrogen-bond donors (Lipinski definition) is 1. The minimum atomic E-state index is -0.748. The lowest BCUT2D eigenvalue weighted by Gasteiger charge is -2.39. The second-order valence-electron chi connectivity index (χ2n) is 12.9. The molecule has 7 heteroatoms. The van der Waals surface area contributed by atoms with Gasteiger partial charge in [0.25, 0.3) is 0 Å². The fourth-order valence-corrected chi connectivity index (χ4v) is 7.33. The summed E-state index contributed by atoms with van der Waals surface area (Å²) in [5.74, 6) is 0.102. The zero-order valence-electron chi connectivity index (χ0n) is 25.7. The second-order valence-corrected chi connectivity index (χ2v) is 12.9. The Bertz CT molecular complexity index is 1480. The molecule has 1 saturated heterocycles. The lowest BCUT2D eigenvalue weighted by atomic mass is 9.82. The number of aryl methyl sites for hydroxylation is 1. The molecule has 0 spiro atoms. The summed E-state index contributed by atoms with van der Waals surface area (Å²) < 4.78 is 27.2. The van der Waals surface area contributed by atoms with Crippen molar-refractivity contribution in [3.05, 3.63) is 76.7 Å². The third kappa shape index (κ3) is 6.14. The molecule has 1 saturated carbocycles. The molecule has 1 aromatic heterocycles. The van der Waals surface area contributed by atoms with Crippen LogP contribution in [0.5, 0.6) is 11.6 Å². The molecule has 2 fully saturated rings. The molecule has 5 atom stereocenters. The minimum Gasteiger partial charge on any atom is -0.485 e. The number of pyridine rings is 1. The number of aliphatic carboxylic acids is 1. The summed E-state index contributed by atoms with van der Waals surface area (Å²) in [5, 5.41) is 9.78. The molecular formula is C36H43FN2O4. The summed E-state index contributed by atoms with van der Waals surface area (Å²) in [6, 6.07) is 15.2. The van der Waals surface area contributed by atoms with Gasteiger partial charge in [-0.05, 0) is 98.1 Å². The number of nitrogens with zero attached hydrogens (tertiary/aromatic N) is 2. The Labute approximate surface area is 254 Å². The topological polar surface area (TPSA) is 71.9 Å². The molecule has 6 nitrogen and oxygen atoms in total. The van der Waals surface area contributed by atoms with Gasteiger partial charge in [-0.15, -0.1) is 0 Å². The van der Waals surface area contributed by atoms with Crippen LogP contribution in [0.3, 0.4) is 0 Å². The van der Waals surface area contributed by atoms with Gasteiger partial charge in [-0.3, -0.25) is 9.69 Å². The number of carboxylic acid groups (broad SMARTS) is 1. The van der Waals surface area contributed by atoms with E-state index in [0.29, 0.717) is 29.4 Å². The minimum absolute atomic E-state index is 0.00145. The van der Waals surface area contributed by atoms with Gasteiger partial charge in [0.2, 0.25) is 5.88 Å². The van der Waals surface area contributed by atoms with E-state index in [2.05, 4.69) is 54.1 Å². The van der Waals surface area contributed by atoms with Crippen LogP contribution < -0.4 is 9.47 Å². The van der Waals surface area contributed by atoms with Gasteiger partial charge in [-0.2, -0.15) is 0 Å². The number of benzene rings is 2. The number of carboxylic acids is 1. The number of aromatic nitrogens is 1. The van der Waals surface area contributed by atoms with E-state index in [-0.39, 0.29) is 17.8 Å². The number of likely N-dealkylation sites (tertiary alicyclic amines) is 1. The third-order valence-corrected chi connectivity index (χ3v) is 10.0. The van der Waals surface area contributed by atoms with Gasteiger partial charge < -0.3 is 14.6 Å². The molecule has 2 aromatic carbocycles. The van der Waals surface area contributed by atoms with E-state index in [4.69, 9.17) is 9.47 Å². The molecule has 1 N–H and O–H groups in total. The van der Waals surface area contributed by atoms with Crippen LogP contribution in [0.2, 0.25) is 0 Å². The average molecular weight is 587 g/mol. The highest BCUT2D eigenvalue weighted by atomic mass is 19.1. The van der Waals surface area contributed by atoms with Crippen molar-refractivity contribution in [2.75, 3.05) is 7.11 Å². The number of halogens is 1. The first-order chi connectivity index (χ1) is 20.7. The Hall–Kier alpha value is -3.45. The van der Waals surface area contributed by atoms with Crippen molar-refractivity contribution in [2.24, 2.45) is 11.8 Å². The monoisotopic (exact) mass is 586 g/mol. The van der Waals surface area contributed by atoms with Crippen LogP contribution >= 0.6 is 0 Å². The molecule has 2 aliphatic heterocycles.